The fourth-order valence-electron chi connectivity index (χ4n) is 3.92. The van der Waals surface area contributed by atoms with E-state index in [4.69, 9.17) is 0 Å². The first-order valence-electron chi connectivity index (χ1n) is 9.14. The molecule has 1 saturated carbocycles. The number of aromatic nitrogens is 1. The molecule has 5 nitrogen and oxygen atoms in total. The maximum atomic E-state index is 12.8. The van der Waals surface area contributed by atoms with Crippen molar-refractivity contribution in [1.29, 1.82) is 0 Å². The number of aryl methyl sites for hydroxylation is 1. The van der Waals surface area contributed by atoms with E-state index in [2.05, 4.69) is 10.3 Å². The van der Waals surface area contributed by atoms with Crippen LogP contribution in [0.25, 0.3) is 0 Å². The summed E-state index contributed by atoms with van der Waals surface area (Å²) in [7, 11) is 0. The fourth-order valence-corrected chi connectivity index (χ4v) is 3.92. The molecule has 2 heterocycles. The molecule has 0 unspecified atom stereocenters. The van der Waals surface area contributed by atoms with Crippen molar-refractivity contribution in [3.8, 4) is 0 Å². The molecule has 1 N–H and O–H groups in total. The van der Waals surface area contributed by atoms with Gasteiger partial charge in [-0.05, 0) is 44.2 Å². The van der Waals surface area contributed by atoms with E-state index in [-0.39, 0.29) is 23.7 Å². The number of hydrogen-bond donors (Lipinski definition) is 1. The Hall–Kier alpha value is -1.91. The van der Waals surface area contributed by atoms with Gasteiger partial charge in [-0.15, -0.1) is 0 Å². The molecule has 1 aromatic heterocycles. The van der Waals surface area contributed by atoms with E-state index >= 15 is 0 Å². The summed E-state index contributed by atoms with van der Waals surface area (Å²) in [5, 5.41) is 3.01. The average Bonchev–Trinajstić information content (AvgIpc) is 3.15. The lowest BCUT2D eigenvalue weighted by molar-refractivity contribution is -0.142. The zero-order valence-electron chi connectivity index (χ0n) is 14.5. The van der Waals surface area contributed by atoms with Crippen molar-refractivity contribution in [3.63, 3.8) is 0 Å². The summed E-state index contributed by atoms with van der Waals surface area (Å²) < 4.78 is 0. The summed E-state index contributed by atoms with van der Waals surface area (Å²) in [6.45, 7) is 4.15. The van der Waals surface area contributed by atoms with E-state index < -0.39 is 0 Å². The Kier molecular flexibility index (Phi) is 5.48. The Balaban J connectivity index is 1.62. The predicted octanol–water partition coefficient (Wildman–Crippen LogP) is 2.44. The van der Waals surface area contributed by atoms with Gasteiger partial charge in [-0.25, -0.2) is 0 Å². The zero-order chi connectivity index (χ0) is 16.9. The van der Waals surface area contributed by atoms with Crippen LogP contribution in [0, 0.1) is 18.8 Å². The van der Waals surface area contributed by atoms with Crippen LogP contribution in [0.2, 0.25) is 0 Å². The number of amides is 2. The van der Waals surface area contributed by atoms with Crippen LogP contribution >= 0.6 is 0 Å². The first kappa shape index (κ1) is 16.9. The molecule has 1 aliphatic carbocycles. The van der Waals surface area contributed by atoms with Gasteiger partial charge in [0.05, 0.1) is 12.2 Å². The van der Waals surface area contributed by atoms with Crippen LogP contribution in [0.1, 0.15) is 49.8 Å². The van der Waals surface area contributed by atoms with Crippen LogP contribution in [0.4, 0.5) is 0 Å². The van der Waals surface area contributed by atoms with Crippen LogP contribution in [-0.4, -0.2) is 34.8 Å². The zero-order valence-corrected chi connectivity index (χ0v) is 14.5. The fraction of sp³-hybridized carbons (Fsp3) is 0.632. The molecule has 24 heavy (non-hydrogen) atoms. The van der Waals surface area contributed by atoms with E-state index in [1.807, 2.05) is 24.0 Å². The van der Waals surface area contributed by atoms with Gasteiger partial charge in [0.2, 0.25) is 11.8 Å². The number of rotatable bonds is 4. The third kappa shape index (κ3) is 3.77. The summed E-state index contributed by atoms with van der Waals surface area (Å²) in [6, 6.07) is 3.89. The van der Waals surface area contributed by atoms with Gasteiger partial charge in [-0.2, -0.15) is 0 Å². The number of nitrogens with zero attached hydrogens (tertiary/aromatic N) is 2. The topological polar surface area (TPSA) is 62.3 Å². The number of carbonyl (C=O) groups excluding carboxylic acids is 2. The van der Waals surface area contributed by atoms with Gasteiger partial charge < -0.3 is 10.2 Å². The molecule has 130 valence electrons. The van der Waals surface area contributed by atoms with Crippen molar-refractivity contribution in [2.75, 3.05) is 13.1 Å². The SMILES string of the molecule is Cc1cccnc1CNC(=O)[C@H]1CCCC[C@@H]1C(=O)N1CCCC1. The lowest BCUT2D eigenvalue weighted by Crippen LogP contribution is -2.44. The smallest absolute Gasteiger partial charge is 0.226 e. The molecule has 5 heteroatoms. The van der Waals surface area contributed by atoms with Crippen LogP contribution in [0.15, 0.2) is 18.3 Å². The van der Waals surface area contributed by atoms with Crippen molar-refractivity contribution < 1.29 is 9.59 Å². The first-order valence-corrected chi connectivity index (χ1v) is 9.14. The van der Waals surface area contributed by atoms with Crippen molar-refractivity contribution in [1.82, 2.24) is 15.2 Å². The van der Waals surface area contributed by atoms with Crippen LogP contribution in [-0.2, 0) is 16.1 Å². The largest absolute Gasteiger partial charge is 0.350 e. The minimum atomic E-state index is -0.184. The van der Waals surface area contributed by atoms with Crippen molar-refractivity contribution >= 4 is 11.8 Å². The highest BCUT2D eigenvalue weighted by Crippen LogP contribution is 2.32. The Morgan fingerprint density at radius 2 is 1.88 bits per heavy atom. The van der Waals surface area contributed by atoms with Crippen LogP contribution in [0.5, 0.6) is 0 Å². The van der Waals surface area contributed by atoms with E-state index in [1.165, 1.54) is 0 Å². The lowest BCUT2D eigenvalue weighted by Gasteiger charge is -2.32. The Morgan fingerprint density at radius 3 is 2.58 bits per heavy atom. The Bertz CT molecular complexity index is 596. The summed E-state index contributed by atoms with van der Waals surface area (Å²) in [5.74, 6) is -0.115. The average molecular weight is 329 g/mol. The van der Waals surface area contributed by atoms with Crippen molar-refractivity contribution in [2.24, 2.45) is 11.8 Å². The number of nitrogens with one attached hydrogen (secondary N) is 1. The Morgan fingerprint density at radius 1 is 1.17 bits per heavy atom. The van der Waals surface area contributed by atoms with E-state index in [0.717, 1.165) is 62.9 Å². The molecule has 0 spiro atoms. The minimum Gasteiger partial charge on any atom is -0.350 e. The second-order valence-electron chi connectivity index (χ2n) is 7.01. The van der Waals surface area contributed by atoms with Crippen LogP contribution < -0.4 is 5.32 Å². The molecule has 0 aromatic carbocycles. The summed E-state index contributed by atoms with van der Waals surface area (Å²) >= 11 is 0. The van der Waals surface area contributed by atoms with Gasteiger partial charge in [0.25, 0.3) is 0 Å². The van der Waals surface area contributed by atoms with E-state index in [1.54, 1.807) is 6.20 Å². The summed E-state index contributed by atoms with van der Waals surface area (Å²) in [6.07, 6.45) is 7.67. The predicted molar refractivity (Wildman–Crippen MR) is 92.1 cm³/mol. The third-order valence-electron chi connectivity index (χ3n) is 5.39. The molecule has 2 aliphatic rings. The molecule has 0 radical (unpaired) electrons. The number of pyridine rings is 1. The summed E-state index contributed by atoms with van der Waals surface area (Å²) in [5.41, 5.74) is 1.97. The maximum Gasteiger partial charge on any atom is 0.226 e. The summed E-state index contributed by atoms with van der Waals surface area (Å²) in [4.78, 5) is 31.8. The molecule has 1 saturated heterocycles. The van der Waals surface area contributed by atoms with E-state index in [0.29, 0.717) is 6.54 Å². The molecule has 2 atom stereocenters. The molecular weight excluding hydrogens is 302 g/mol. The minimum absolute atomic E-state index is 0.0114. The standard InChI is InChI=1S/C19H27N3O2/c1-14-7-6-10-20-17(14)13-21-18(23)15-8-2-3-9-16(15)19(24)22-11-4-5-12-22/h6-7,10,15-16H,2-5,8-9,11-13H2,1H3,(H,21,23)/t15-,16-/m0/s1. The molecule has 1 aliphatic heterocycles. The van der Waals surface area contributed by atoms with Gasteiger partial charge in [0.1, 0.15) is 0 Å². The highest BCUT2D eigenvalue weighted by atomic mass is 16.2. The highest BCUT2D eigenvalue weighted by molar-refractivity contribution is 5.88. The maximum absolute atomic E-state index is 12.8. The normalized spacial score (nSPS) is 24.0. The van der Waals surface area contributed by atoms with Crippen LogP contribution in [0.3, 0.4) is 0 Å². The quantitative estimate of drug-likeness (QED) is 0.923. The van der Waals surface area contributed by atoms with Gasteiger partial charge in [0, 0.05) is 31.1 Å². The van der Waals surface area contributed by atoms with Gasteiger partial charge in [0.15, 0.2) is 0 Å². The first-order chi connectivity index (χ1) is 11.7. The van der Waals surface area contributed by atoms with Gasteiger partial charge in [-0.1, -0.05) is 18.9 Å². The molecule has 3 rings (SSSR count). The highest BCUT2D eigenvalue weighted by Gasteiger charge is 2.38. The van der Waals surface area contributed by atoms with Crippen molar-refractivity contribution in [2.45, 2.75) is 52.0 Å². The monoisotopic (exact) mass is 329 g/mol. The second kappa shape index (κ2) is 7.77. The van der Waals surface area contributed by atoms with Crippen molar-refractivity contribution in [3.05, 3.63) is 29.6 Å². The van der Waals surface area contributed by atoms with E-state index in [9.17, 15) is 9.59 Å². The molecule has 1 aromatic rings. The number of carbonyl (C=O) groups is 2. The molecule has 2 fully saturated rings. The lowest BCUT2D eigenvalue weighted by atomic mass is 9.78. The second-order valence-corrected chi connectivity index (χ2v) is 7.01. The number of hydrogen-bond acceptors (Lipinski definition) is 3. The third-order valence-corrected chi connectivity index (χ3v) is 5.39. The molecule has 0 bridgehead atoms. The Labute approximate surface area is 143 Å². The van der Waals surface area contributed by atoms with Gasteiger partial charge in [-0.3, -0.25) is 14.6 Å². The number of likely N-dealkylation sites (tertiary alicyclic amines) is 1. The molecule has 2 amide bonds. The molecular formula is C19H27N3O2. The van der Waals surface area contributed by atoms with Gasteiger partial charge >= 0.3 is 0 Å².